The molecule has 0 aliphatic heterocycles. The Morgan fingerprint density at radius 2 is 1.93 bits per heavy atom. The maximum atomic E-state index is 3.87. The summed E-state index contributed by atoms with van der Waals surface area (Å²) < 4.78 is 0. The first-order valence-electron chi connectivity index (χ1n) is 5.55. The van der Waals surface area contributed by atoms with Crippen LogP contribution in [-0.2, 0) is 0 Å². The monoisotopic (exact) mass is 272 g/mol. The van der Waals surface area contributed by atoms with E-state index in [2.05, 4.69) is 33.4 Å². The second-order valence-electron chi connectivity index (χ2n) is 4.17. The summed E-state index contributed by atoms with van der Waals surface area (Å²) in [7, 11) is 0. The molecule has 1 saturated carbocycles. The van der Waals surface area contributed by atoms with Crippen LogP contribution in [0.25, 0.3) is 0 Å². The zero-order valence-corrected chi connectivity index (χ0v) is 10.8. The Hall–Kier alpha value is 0.180. The van der Waals surface area contributed by atoms with E-state index in [1.807, 2.05) is 11.3 Å². The van der Waals surface area contributed by atoms with Crippen molar-refractivity contribution in [3.05, 3.63) is 22.4 Å². The molecule has 0 bridgehead atoms. The van der Waals surface area contributed by atoms with Crippen LogP contribution in [0.2, 0.25) is 0 Å². The first kappa shape index (κ1) is 10.7. The average Bonchev–Trinajstić information content (AvgIpc) is 2.59. The third-order valence-electron chi connectivity index (χ3n) is 3.13. The largest absolute Gasteiger partial charge is 0.148 e. The summed E-state index contributed by atoms with van der Waals surface area (Å²) >= 11 is 5.76. The molecular formula is C12H17BrS. The van der Waals surface area contributed by atoms with Crippen molar-refractivity contribution in [2.24, 2.45) is 5.92 Å². The van der Waals surface area contributed by atoms with Gasteiger partial charge in [-0.05, 0) is 30.2 Å². The molecule has 1 unspecified atom stereocenters. The van der Waals surface area contributed by atoms with Crippen molar-refractivity contribution in [1.82, 2.24) is 0 Å². The minimum Gasteiger partial charge on any atom is -0.148 e. The Bertz CT molecular complexity index is 247. The molecule has 1 aromatic heterocycles. The lowest BCUT2D eigenvalue weighted by atomic mass is 9.96. The molecular weight excluding hydrogens is 256 g/mol. The quantitative estimate of drug-likeness (QED) is 0.516. The third-order valence-corrected chi connectivity index (χ3v) is 5.63. The third kappa shape index (κ3) is 2.60. The zero-order valence-electron chi connectivity index (χ0n) is 8.42. The lowest BCUT2D eigenvalue weighted by Crippen LogP contribution is -2.05. The predicted octanol–water partition coefficient (Wildman–Crippen LogP) is 5.15. The molecule has 14 heavy (non-hydrogen) atoms. The smallest absolute Gasteiger partial charge is 0.0517 e. The van der Waals surface area contributed by atoms with Crippen LogP contribution in [0.4, 0.5) is 0 Å². The van der Waals surface area contributed by atoms with Crippen molar-refractivity contribution in [1.29, 1.82) is 0 Å². The molecule has 2 rings (SSSR count). The van der Waals surface area contributed by atoms with Gasteiger partial charge in [0.2, 0.25) is 0 Å². The first-order valence-corrected chi connectivity index (χ1v) is 7.35. The van der Waals surface area contributed by atoms with Gasteiger partial charge >= 0.3 is 0 Å². The van der Waals surface area contributed by atoms with Gasteiger partial charge in [-0.3, -0.25) is 0 Å². The molecule has 0 radical (unpaired) electrons. The van der Waals surface area contributed by atoms with Crippen molar-refractivity contribution in [2.75, 3.05) is 0 Å². The lowest BCUT2D eigenvalue weighted by molar-refractivity contribution is 0.457. The molecule has 0 amide bonds. The summed E-state index contributed by atoms with van der Waals surface area (Å²) in [5, 5.41) is 2.18. The minimum atomic E-state index is 0.612. The van der Waals surface area contributed by atoms with Crippen LogP contribution in [0.3, 0.4) is 0 Å². The molecule has 1 aromatic rings. The van der Waals surface area contributed by atoms with E-state index in [0.717, 1.165) is 5.92 Å². The van der Waals surface area contributed by atoms with Crippen LogP contribution in [0.15, 0.2) is 17.5 Å². The van der Waals surface area contributed by atoms with E-state index >= 15 is 0 Å². The highest BCUT2D eigenvalue weighted by molar-refractivity contribution is 9.09. The molecule has 0 nitrogen and oxygen atoms in total. The topological polar surface area (TPSA) is 0 Å². The normalized spacial score (nSPS) is 21.8. The number of alkyl halides is 1. The Balaban J connectivity index is 1.99. The Morgan fingerprint density at radius 3 is 2.50 bits per heavy atom. The number of halogens is 1. The second-order valence-corrected chi connectivity index (χ2v) is 6.13. The fourth-order valence-electron chi connectivity index (χ4n) is 2.28. The van der Waals surface area contributed by atoms with Gasteiger partial charge in [0.1, 0.15) is 0 Å². The maximum absolute atomic E-state index is 3.87. The van der Waals surface area contributed by atoms with Gasteiger partial charge in [-0.25, -0.2) is 0 Å². The first-order chi connectivity index (χ1) is 6.88. The predicted molar refractivity (Wildman–Crippen MR) is 67.2 cm³/mol. The van der Waals surface area contributed by atoms with Crippen LogP contribution in [0.1, 0.15) is 48.2 Å². The van der Waals surface area contributed by atoms with E-state index in [4.69, 9.17) is 0 Å². The van der Waals surface area contributed by atoms with Crippen LogP contribution in [0.5, 0.6) is 0 Å². The highest BCUT2D eigenvalue weighted by atomic mass is 79.9. The molecule has 1 aliphatic carbocycles. The number of hydrogen-bond acceptors (Lipinski definition) is 1. The fourth-order valence-corrected chi connectivity index (χ4v) is 4.08. The van der Waals surface area contributed by atoms with E-state index in [1.54, 1.807) is 0 Å². The maximum Gasteiger partial charge on any atom is 0.0517 e. The number of thiophene rings is 1. The van der Waals surface area contributed by atoms with E-state index in [-0.39, 0.29) is 0 Å². The summed E-state index contributed by atoms with van der Waals surface area (Å²) in [6, 6.07) is 4.42. The van der Waals surface area contributed by atoms with Gasteiger partial charge in [0.05, 0.1) is 4.83 Å². The standard InChI is InChI=1S/C12H17BrS/c13-12(11-8-5-9-14-11)10-6-3-1-2-4-7-10/h5,8-10,12H,1-4,6-7H2. The summed E-state index contributed by atoms with van der Waals surface area (Å²) in [5.41, 5.74) is 0. The van der Waals surface area contributed by atoms with Crippen molar-refractivity contribution in [3.8, 4) is 0 Å². The lowest BCUT2D eigenvalue weighted by Gasteiger charge is -2.19. The Labute approximate surface area is 98.9 Å². The minimum absolute atomic E-state index is 0.612. The van der Waals surface area contributed by atoms with E-state index in [9.17, 15) is 0 Å². The van der Waals surface area contributed by atoms with Gasteiger partial charge in [0.15, 0.2) is 0 Å². The van der Waals surface area contributed by atoms with Gasteiger partial charge in [0, 0.05) is 4.88 Å². The SMILES string of the molecule is BrC(c1cccs1)C1CCCCCC1. The van der Waals surface area contributed by atoms with Crippen molar-refractivity contribution in [3.63, 3.8) is 0 Å². The average molecular weight is 273 g/mol. The van der Waals surface area contributed by atoms with Gasteiger partial charge in [-0.2, -0.15) is 0 Å². The number of hydrogen-bond donors (Lipinski definition) is 0. The molecule has 0 spiro atoms. The van der Waals surface area contributed by atoms with Crippen LogP contribution in [-0.4, -0.2) is 0 Å². The second kappa shape index (κ2) is 5.32. The van der Waals surface area contributed by atoms with Crippen LogP contribution >= 0.6 is 27.3 Å². The summed E-state index contributed by atoms with van der Waals surface area (Å²) in [5.74, 6) is 0.871. The molecule has 2 heteroatoms. The summed E-state index contributed by atoms with van der Waals surface area (Å²) in [6.45, 7) is 0. The van der Waals surface area contributed by atoms with E-state index < -0.39 is 0 Å². The van der Waals surface area contributed by atoms with Gasteiger partial charge in [-0.15, -0.1) is 11.3 Å². The van der Waals surface area contributed by atoms with E-state index in [1.165, 1.54) is 43.4 Å². The highest BCUT2D eigenvalue weighted by Crippen LogP contribution is 2.40. The zero-order chi connectivity index (χ0) is 9.80. The molecule has 0 saturated heterocycles. The van der Waals surface area contributed by atoms with Crippen molar-refractivity contribution < 1.29 is 0 Å². The Kier molecular flexibility index (Phi) is 4.06. The van der Waals surface area contributed by atoms with E-state index in [0.29, 0.717) is 4.83 Å². The molecule has 1 fully saturated rings. The molecule has 78 valence electrons. The Morgan fingerprint density at radius 1 is 1.21 bits per heavy atom. The van der Waals surface area contributed by atoms with Gasteiger partial charge in [-0.1, -0.05) is 47.7 Å². The molecule has 1 atom stereocenters. The van der Waals surface area contributed by atoms with Crippen molar-refractivity contribution >= 4 is 27.3 Å². The van der Waals surface area contributed by atoms with Crippen LogP contribution in [0, 0.1) is 5.92 Å². The summed E-state index contributed by atoms with van der Waals surface area (Å²) in [4.78, 5) is 2.12. The molecule has 0 aromatic carbocycles. The van der Waals surface area contributed by atoms with Gasteiger partial charge in [0.25, 0.3) is 0 Å². The summed E-state index contributed by atoms with van der Waals surface area (Å²) in [6.07, 6.45) is 8.57. The molecule has 1 aliphatic rings. The van der Waals surface area contributed by atoms with Gasteiger partial charge < -0.3 is 0 Å². The molecule has 0 N–H and O–H groups in total. The van der Waals surface area contributed by atoms with Crippen molar-refractivity contribution in [2.45, 2.75) is 43.4 Å². The number of rotatable bonds is 2. The van der Waals surface area contributed by atoms with Crippen LogP contribution < -0.4 is 0 Å². The highest BCUT2D eigenvalue weighted by Gasteiger charge is 2.22. The molecule has 1 heterocycles. The fraction of sp³-hybridized carbons (Fsp3) is 0.667.